The molecular formula is C15H15FN2O2S. The highest BCUT2D eigenvalue weighted by Gasteiger charge is 2.36. The molecule has 4 nitrogen and oxygen atoms in total. The van der Waals surface area contributed by atoms with Crippen molar-refractivity contribution in [2.75, 3.05) is 10.0 Å². The summed E-state index contributed by atoms with van der Waals surface area (Å²) in [7, 11) is -3.81. The Balaban J connectivity index is 2.15. The van der Waals surface area contributed by atoms with Crippen LogP contribution in [-0.4, -0.2) is 14.5 Å². The summed E-state index contributed by atoms with van der Waals surface area (Å²) >= 11 is 0. The summed E-state index contributed by atoms with van der Waals surface area (Å²) < 4.78 is 40.2. The van der Waals surface area contributed by atoms with Gasteiger partial charge in [0.1, 0.15) is 10.7 Å². The number of nitrogens with zero attached hydrogens (tertiary/aromatic N) is 1. The van der Waals surface area contributed by atoms with E-state index in [2.05, 4.69) is 0 Å². The molecule has 0 amide bonds. The summed E-state index contributed by atoms with van der Waals surface area (Å²) in [5.41, 5.74) is 7.26. The summed E-state index contributed by atoms with van der Waals surface area (Å²) in [4.78, 5) is -0.0625. The Morgan fingerprint density at radius 2 is 1.95 bits per heavy atom. The van der Waals surface area contributed by atoms with Crippen molar-refractivity contribution in [3.8, 4) is 0 Å². The third-order valence-electron chi connectivity index (χ3n) is 3.65. The van der Waals surface area contributed by atoms with E-state index in [1.54, 1.807) is 12.1 Å². The molecule has 0 radical (unpaired) electrons. The van der Waals surface area contributed by atoms with E-state index in [0.717, 1.165) is 17.7 Å². The van der Waals surface area contributed by atoms with Gasteiger partial charge in [-0.05, 0) is 43.2 Å². The van der Waals surface area contributed by atoms with Gasteiger partial charge in [-0.1, -0.05) is 18.2 Å². The van der Waals surface area contributed by atoms with Gasteiger partial charge in [0.25, 0.3) is 10.0 Å². The molecule has 0 aliphatic carbocycles. The average molecular weight is 306 g/mol. The molecule has 0 bridgehead atoms. The lowest BCUT2D eigenvalue weighted by Crippen LogP contribution is -2.36. The van der Waals surface area contributed by atoms with Crippen LogP contribution in [0.3, 0.4) is 0 Å². The van der Waals surface area contributed by atoms with Gasteiger partial charge in [-0.25, -0.2) is 12.8 Å². The molecule has 2 aromatic carbocycles. The molecule has 0 spiro atoms. The van der Waals surface area contributed by atoms with Crippen molar-refractivity contribution in [1.82, 2.24) is 0 Å². The number of anilines is 2. The number of hydrogen-bond donors (Lipinski definition) is 1. The first-order valence-electron chi connectivity index (χ1n) is 6.58. The molecular weight excluding hydrogens is 291 g/mol. The van der Waals surface area contributed by atoms with Crippen LogP contribution in [0.2, 0.25) is 0 Å². The highest BCUT2D eigenvalue weighted by molar-refractivity contribution is 7.93. The standard InChI is InChI=1S/C15H15FN2O2S/c1-10-8-11-4-2-3-5-14(11)18(10)21(19,20)15-7-6-12(16)9-13(15)17/h2-7,9-10H,8,17H2,1H3. The molecule has 0 aromatic heterocycles. The van der Waals surface area contributed by atoms with Gasteiger partial charge in [0.15, 0.2) is 0 Å². The molecule has 1 aliphatic heterocycles. The lowest BCUT2D eigenvalue weighted by Gasteiger charge is -2.25. The van der Waals surface area contributed by atoms with E-state index in [-0.39, 0.29) is 16.6 Å². The summed E-state index contributed by atoms with van der Waals surface area (Å²) in [6.45, 7) is 1.84. The highest BCUT2D eigenvalue weighted by Crippen LogP contribution is 2.37. The van der Waals surface area contributed by atoms with E-state index in [1.807, 2.05) is 19.1 Å². The Morgan fingerprint density at radius 3 is 2.67 bits per heavy atom. The van der Waals surface area contributed by atoms with Gasteiger partial charge < -0.3 is 5.73 Å². The number of rotatable bonds is 2. The van der Waals surface area contributed by atoms with Gasteiger partial charge in [-0.3, -0.25) is 4.31 Å². The molecule has 2 aromatic rings. The van der Waals surface area contributed by atoms with Gasteiger partial charge in [0.2, 0.25) is 0 Å². The molecule has 1 unspecified atom stereocenters. The van der Waals surface area contributed by atoms with Gasteiger partial charge in [0.05, 0.1) is 11.4 Å². The average Bonchev–Trinajstić information content (AvgIpc) is 2.74. The molecule has 1 atom stereocenters. The summed E-state index contributed by atoms with van der Waals surface area (Å²) in [5.74, 6) is -0.554. The zero-order valence-electron chi connectivity index (χ0n) is 11.5. The maximum atomic E-state index is 13.1. The lowest BCUT2D eigenvalue weighted by atomic mass is 10.1. The largest absolute Gasteiger partial charge is 0.398 e. The van der Waals surface area contributed by atoms with Gasteiger partial charge in [-0.15, -0.1) is 0 Å². The molecule has 1 aliphatic rings. The SMILES string of the molecule is CC1Cc2ccccc2N1S(=O)(=O)c1ccc(F)cc1N. The molecule has 0 fully saturated rings. The second-order valence-corrected chi connectivity index (χ2v) is 6.95. The molecule has 21 heavy (non-hydrogen) atoms. The van der Waals surface area contributed by atoms with E-state index in [0.29, 0.717) is 12.1 Å². The van der Waals surface area contributed by atoms with Gasteiger partial charge >= 0.3 is 0 Å². The Bertz CT molecular complexity index is 805. The minimum atomic E-state index is -3.81. The van der Waals surface area contributed by atoms with E-state index in [1.165, 1.54) is 10.4 Å². The Hall–Kier alpha value is -2.08. The monoisotopic (exact) mass is 306 g/mol. The summed E-state index contributed by atoms with van der Waals surface area (Å²) in [6.07, 6.45) is 0.649. The van der Waals surface area contributed by atoms with E-state index in [4.69, 9.17) is 5.73 Å². The van der Waals surface area contributed by atoms with Gasteiger partial charge in [0, 0.05) is 6.04 Å². The Morgan fingerprint density at radius 1 is 1.24 bits per heavy atom. The number of para-hydroxylation sites is 1. The van der Waals surface area contributed by atoms with Crippen LogP contribution in [0.5, 0.6) is 0 Å². The maximum absolute atomic E-state index is 13.1. The molecule has 0 saturated heterocycles. The first-order chi connectivity index (χ1) is 9.91. The van der Waals surface area contributed by atoms with E-state index >= 15 is 0 Å². The molecule has 3 rings (SSSR count). The van der Waals surface area contributed by atoms with Crippen LogP contribution in [-0.2, 0) is 16.4 Å². The molecule has 2 N–H and O–H groups in total. The van der Waals surface area contributed by atoms with Crippen molar-refractivity contribution in [3.05, 3.63) is 53.8 Å². The number of fused-ring (bicyclic) bond motifs is 1. The number of nitrogens with two attached hydrogens (primary N) is 1. The van der Waals surface area contributed by atoms with Crippen LogP contribution >= 0.6 is 0 Å². The lowest BCUT2D eigenvalue weighted by molar-refractivity contribution is 0.584. The zero-order valence-corrected chi connectivity index (χ0v) is 12.3. The fourth-order valence-corrected chi connectivity index (χ4v) is 4.56. The van der Waals surface area contributed by atoms with Crippen LogP contribution in [0, 0.1) is 5.82 Å². The van der Waals surface area contributed by atoms with Crippen LogP contribution in [0.25, 0.3) is 0 Å². The molecule has 110 valence electrons. The predicted molar refractivity (Wildman–Crippen MR) is 80.1 cm³/mol. The number of halogens is 1. The minimum absolute atomic E-state index is 0.0625. The number of sulfonamides is 1. The number of hydrogen-bond acceptors (Lipinski definition) is 3. The van der Waals surface area contributed by atoms with Crippen LogP contribution in [0.1, 0.15) is 12.5 Å². The van der Waals surface area contributed by atoms with Crippen molar-refractivity contribution in [3.63, 3.8) is 0 Å². The van der Waals surface area contributed by atoms with Crippen molar-refractivity contribution in [2.45, 2.75) is 24.3 Å². The maximum Gasteiger partial charge on any atom is 0.266 e. The molecule has 0 saturated carbocycles. The second-order valence-electron chi connectivity index (χ2n) is 5.16. The fraction of sp³-hybridized carbons (Fsp3) is 0.200. The quantitative estimate of drug-likeness (QED) is 0.867. The smallest absolute Gasteiger partial charge is 0.266 e. The topological polar surface area (TPSA) is 63.4 Å². The molecule has 6 heteroatoms. The third kappa shape index (κ3) is 2.15. The predicted octanol–water partition coefficient (Wildman–Crippen LogP) is 2.55. The van der Waals surface area contributed by atoms with Gasteiger partial charge in [-0.2, -0.15) is 0 Å². The number of benzene rings is 2. The third-order valence-corrected chi connectivity index (χ3v) is 5.66. The number of nitrogen functional groups attached to an aromatic ring is 1. The van der Waals surface area contributed by atoms with Crippen LogP contribution in [0.4, 0.5) is 15.8 Å². The first kappa shape index (κ1) is 13.9. The Kier molecular flexibility index (Phi) is 3.13. The fourth-order valence-electron chi connectivity index (χ4n) is 2.76. The zero-order chi connectivity index (χ0) is 15.2. The van der Waals surface area contributed by atoms with Crippen molar-refractivity contribution in [1.29, 1.82) is 0 Å². The van der Waals surface area contributed by atoms with Crippen molar-refractivity contribution in [2.24, 2.45) is 0 Å². The van der Waals surface area contributed by atoms with Crippen molar-refractivity contribution >= 4 is 21.4 Å². The van der Waals surface area contributed by atoms with E-state index < -0.39 is 15.8 Å². The summed E-state index contributed by atoms with van der Waals surface area (Å²) in [6, 6.07) is 10.5. The summed E-state index contributed by atoms with van der Waals surface area (Å²) in [5, 5.41) is 0. The molecule has 1 heterocycles. The van der Waals surface area contributed by atoms with Crippen LogP contribution < -0.4 is 10.0 Å². The van der Waals surface area contributed by atoms with E-state index in [9.17, 15) is 12.8 Å². The highest BCUT2D eigenvalue weighted by atomic mass is 32.2. The Labute approximate surface area is 123 Å². The van der Waals surface area contributed by atoms with Crippen molar-refractivity contribution < 1.29 is 12.8 Å². The normalized spacial score (nSPS) is 17.8. The first-order valence-corrected chi connectivity index (χ1v) is 8.02. The minimum Gasteiger partial charge on any atom is -0.398 e. The van der Waals surface area contributed by atoms with Crippen LogP contribution in [0.15, 0.2) is 47.4 Å². The second kappa shape index (κ2) is 4.73.